The lowest BCUT2D eigenvalue weighted by atomic mass is 10.0. The quantitative estimate of drug-likeness (QED) is 0.662. The SMILES string of the molecule is COc1ccc(N2CCC(NC(=O)c3nn(-c4ccc(F)cc4)c4c3CCC4)CC2)cc1. The zero-order valence-corrected chi connectivity index (χ0v) is 18.2. The first-order chi connectivity index (χ1) is 15.6. The highest BCUT2D eigenvalue weighted by Crippen LogP contribution is 2.28. The molecule has 0 atom stereocenters. The summed E-state index contributed by atoms with van der Waals surface area (Å²) in [5, 5.41) is 7.84. The van der Waals surface area contributed by atoms with Gasteiger partial charge in [-0.1, -0.05) is 0 Å². The average Bonchev–Trinajstić information content (AvgIpc) is 3.43. The molecule has 2 aliphatic rings. The van der Waals surface area contributed by atoms with Crippen molar-refractivity contribution in [2.24, 2.45) is 0 Å². The first-order valence-electron chi connectivity index (χ1n) is 11.2. The summed E-state index contributed by atoms with van der Waals surface area (Å²) in [7, 11) is 1.67. The van der Waals surface area contributed by atoms with Crippen LogP contribution >= 0.6 is 0 Å². The molecule has 0 radical (unpaired) electrons. The number of benzene rings is 2. The fraction of sp³-hybridized carbons (Fsp3) is 0.360. The molecule has 166 valence electrons. The molecule has 32 heavy (non-hydrogen) atoms. The van der Waals surface area contributed by atoms with Gasteiger partial charge < -0.3 is 15.0 Å². The van der Waals surface area contributed by atoms with E-state index in [4.69, 9.17) is 4.74 Å². The number of rotatable bonds is 5. The van der Waals surface area contributed by atoms with Crippen LogP contribution in [0.1, 0.15) is 41.0 Å². The van der Waals surface area contributed by atoms with Gasteiger partial charge in [-0.25, -0.2) is 9.07 Å². The Labute approximate surface area is 187 Å². The van der Waals surface area contributed by atoms with Gasteiger partial charge in [0, 0.05) is 36.1 Å². The van der Waals surface area contributed by atoms with E-state index < -0.39 is 0 Å². The minimum atomic E-state index is -0.281. The predicted molar refractivity (Wildman–Crippen MR) is 121 cm³/mol. The van der Waals surface area contributed by atoms with Gasteiger partial charge in [0.05, 0.1) is 12.8 Å². The van der Waals surface area contributed by atoms with Crippen LogP contribution in [0.3, 0.4) is 0 Å². The second-order valence-corrected chi connectivity index (χ2v) is 8.45. The Bertz CT molecular complexity index is 1100. The third-order valence-electron chi connectivity index (χ3n) is 6.48. The molecule has 0 saturated carbocycles. The van der Waals surface area contributed by atoms with Crippen molar-refractivity contribution in [2.75, 3.05) is 25.1 Å². The van der Waals surface area contributed by atoms with E-state index in [-0.39, 0.29) is 17.8 Å². The lowest BCUT2D eigenvalue weighted by molar-refractivity contribution is 0.0924. The van der Waals surface area contributed by atoms with Crippen molar-refractivity contribution < 1.29 is 13.9 Å². The Balaban J connectivity index is 1.26. The van der Waals surface area contributed by atoms with Crippen LogP contribution in [0.5, 0.6) is 5.75 Å². The lowest BCUT2D eigenvalue weighted by Crippen LogP contribution is -2.45. The van der Waals surface area contributed by atoms with Crippen LogP contribution in [0.25, 0.3) is 5.69 Å². The first kappa shape index (κ1) is 20.5. The predicted octanol–water partition coefficient (Wildman–Crippen LogP) is 3.91. The third kappa shape index (κ3) is 3.95. The molecular formula is C25H27FN4O2. The van der Waals surface area contributed by atoms with E-state index in [9.17, 15) is 9.18 Å². The van der Waals surface area contributed by atoms with Gasteiger partial charge in [-0.05, 0) is 80.6 Å². The normalized spacial score (nSPS) is 16.1. The number of methoxy groups -OCH3 is 1. The van der Waals surface area contributed by atoms with Gasteiger partial charge in [-0.3, -0.25) is 4.79 Å². The summed E-state index contributed by atoms with van der Waals surface area (Å²) in [6.07, 6.45) is 4.52. The molecule has 0 unspecified atom stereocenters. The van der Waals surface area contributed by atoms with Crippen LogP contribution in [-0.2, 0) is 12.8 Å². The van der Waals surface area contributed by atoms with E-state index >= 15 is 0 Å². The Morgan fingerprint density at radius 3 is 2.41 bits per heavy atom. The van der Waals surface area contributed by atoms with Crippen LogP contribution in [-0.4, -0.2) is 41.9 Å². The highest BCUT2D eigenvalue weighted by molar-refractivity contribution is 5.94. The second-order valence-electron chi connectivity index (χ2n) is 8.45. The van der Waals surface area contributed by atoms with E-state index in [0.717, 1.165) is 67.9 Å². The van der Waals surface area contributed by atoms with E-state index in [1.165, 1.54) is 17.8 Å². The Kier molecular flexibility index (Phi) is 5.55. The van der Waals surface area contributed by atoms with Crippen molar-refractivity contribution in [2.45, 2.75) is 38.1 Å². The summed E-state index contributed by atoms with van der Waals surface area (Å²) in [5.41, 5.74) is 4.57. The van der Waals surface area contributed by atoms with E-state index in [1.807, 2.05) is 16.8 Å². The number of anilines is 1. The lowest BCUT2D eigenvalue weighted by Gasteiger charge is -2.34. The molecule has 0 spiro atoms. The molecule has 1 saturated heterocycles. The number of nitrogens with one attached hydrogen (secondary N) is 1. The van der Waals surface area contributed by atoms with Crippen molar-refractivity contribution in [1.29, 1.82) is 0 Å². The van der Waals surface area contributed by atoms with Gasteiger partial charge in [0.1, 0.15) is 11.6 Å². The number of piperidine rings is 1. The number of hydrogen-bond donors (Lipinski definition) is 1. The van der Waals surface area contributed by atoms with E-state index in [2.05, 4.69) is 27.4 Å². The molecule has 6 nitrogen and oxygen atoms in total. The maximum absolute atomic E-state index is 13.3. The van der Waals surface area contributed by atoms with Crippen molar-refractivity contribution >= 4 is 11.6 Å². The number of carbonyl (C=O) groups excluding carboxylic acids is 1. The molecule has 1 fully saturated rings. The number of nitrogens with zero attached hydrogens (tertiary/aromatic N) is 3. The van der Waals surface area contributed by atoms with Gasteiger partial charge in [0.15, 0.2) is 5.69 Å². The van der Waals surface area contributed by atoms with Crippen molar-refractivity contribution in [3.63, 3.8) is 0 Å². The van der Waals surface area contributed by atoms with E-state index in [1.54, 1.807) is 19.2 Å². The highest BCUT2D eigenvalue weighted by atomic mass is 19.1. The topological polar surface area (TPSA) is 59.4 Å². The number of amides is 1. The summed E-state index contributed by atoms with van der Waals surface area (Å²) in [4.78, 5) is 15.5. The second kappa shape index (κ2) is 8.65. The summed E-state index contributed by atoms with van der Waals surface area (Å²) in [6, 6.07) is 14.5. The van der Waals surface area contributed by atoms with Crippen LogP contribution in [0, 0.1) is 5.82 Å². The molecule has 0 bridgehead atoms. The molecule has 2 heterocycles. The number of fused-ring (bicyclic) bond motifs is 1. The Morgan fingerprint density at radius 2 is 1.72 bits per heavy atom. The largest absolute Gasteiger partial charge is 0.497 e. The summed E-state index contributed by atoms with van der Waals surface area (Å²) < 4.78 is 20.4. The smallest absolute Gasteiger partial charge is 0.272 e. The van der Waals surface area contributed by atoms with Crippen molar-refractivity contribution in [1.82, 2.24) is 15.1 Å². The molecule has 2 aromatic carbocycles. The van der Waals surface area contributed by atoms with Gasteiger partial charge in [0.25, 0.3) is 5.91 Å². The van der Waals surface area contributed by atoms with Gasteiger partial charge in [-0.15, -0.1) is 0 Å². The van der Waals surface area contributed by atoms with Crippen molar-refractivity contribution in [3.05, 3.63) is 71.3 Å². The maximum Gasteiger partial charge on any atom is 0.272 e. The molecule has 1 amide bonds. The Morgan fingerprint density at radius 1 is 1.03 bits per heavy atom. The van der Waals surface area contributed by atoms with E-state index in [0.29, 0.717) is 5.69 Å². The number of hydrogen-bond acceptors (Lipinski definition) is 4. The zero-order valence-electron chi connectivity index (χ0n) is 18.2. The van der Waals surface area contributed by atoms with Crippen LogP contribution in [0.4, 0.5) is 10.1 Å². The molecule has 5 rings (SSSR count). The van der Waals surface area contributed by atoms with Crippen LogP contribution in [0.15, 0.2) is 48.5 Å². The van der Waals surface area contributed by atoms with Crippen LogP contribution in [0.2, 0.25) is 0 Å². The molecule has 1 aliphatic heterocycles. The molecule has 1 N–H and O–H groups in total. The fourth-order valence-corrected chi connectivity index (χ4v) is 4.74. The average molecular weight is 435 g/mol. The molecule has 7 heteroatoms. The Hall–Kier alpha value is -3.35. The number of aromatic nitrogens is 2. The number of carbonyl (C=O) groups is 1. The molecule has 1 aromatic heterocycles. The van der Waals surface area contributed by atoms with Gasteiger partial charge in [-0.2, -0.15) is 5.10 Å². The summed E-state index contributed by atoms with van der Waals surface area (Å²) in [5.74, 6) is 0.465. The summed E-state index contributed by atoms with van der Waals surface area (Å²) >= 11 is 0. The summed E-state index contributed by atoms with van der Waals surface area (Å²) in [6.45, 7) is 1.78. The van der Waals surface area contributed by atoms with Gasteiger partial charge >= 0.3 is 0 Å². The monoisotopic (exact) mass is 434 g/mol. The molecular weight excluding hydrogens is 407 g/mol. The highest BCUT2D eigenvalue weighted by Gasteiger charge is 2.29. The van der Waals surface area contributed by atoms with Crippen molar-refractivity contribution in [3.8, 4) is 11.4 Å². The third-order valence-corrected chi connectivity index (χ3v) is 6.48. The molecule has 1 aliphatic carbocycles. The standard InChI is InChI=1S/C25H27FN4O2/c1-32-21-11-9-19(10-12-21)29-15-13-18(14-16-29)27-25(31)24-22-3-2-4-23(22)30(28-24)20-7-5-17(26)6-8-20/h5-12,18H,2-4,13-16H2,1H3,(H,27,31). The zero-order chi connectivity index (χ0) is 22.1. The minimum absolute atomic E-state index is 0.105. The number of halogens is 1. The van der Waals surface area contributed by atoms with Gasteiger partial charge in [0.2, 0.25) is 0 Å². The first-order valence-corrected chi connectivity index (χ1v) is 11.2. The fourth-order valence-electron chi connectivity index (χ4n) is 4.74. The minimum Gasteiger partial charge on any atom is -0.497 e. The number of ether oxygens (including phenoxy) is 1. The maximum atomic E-state index is 13.3. The van der Waals surface area contributed by atoms with Crippen LogP contribution < -0.4 is 15.0 Å². The molecule has 3 aromatic rings.